The molecule has 0 aliphatic carbocycles. The third-order valence-corrected chi connectivity index (χ3v) is 7.24. The number of piperidine rings is 1. The molecule has 2 N–H and O–H groups in total. The van der Waals surface area contributed by atoms with Crippen LogP contribution in [-0.2, 0) is 14.8 Å². The minimum Gasteiger partial charge on any atom is -0.492 e. The van der Waals surface area contributed by atoms with Crippen molar-refractivity contribution in [2.24, 2.45) is 0 Å². The van der Waals surface area contributed by atoms with Crippen molar-refractivity contribution in [1.29, 1.82) is 0 Å². The Balaban J connectivity index is 1.72. The smallest absolute Gasteiger partial charge is 0.253 e. The summed E-state index contributed by atoms with van der Waals surface area (Å²) in [6, 6.07) is 11.0. The molecule has 2 aromatic rings. The van der Waals surface area contributed by atoms with Gasteiger partial charge in [0.05, 0.1) is 23.7 Å². The van der Waals surface area contributed by atoms with Gasteiger partial charge in [-0.25, -0.2) is 8.42 Å². The van der Waals surface area contributed by atoms with Gasteiger partial charge in [-0.05, 0) is 50.1 Å². The Morgan fingerprint density at radius 1 is 1.09 bits per heavy atom. The van der Waals surface area contributed by atoms with Crippen LogP contribution in [-0.4, -0.2) is 50.8 Å². The van der Waals surface area contributed by atoms with E-state index in [0.717, 1.165) is 19.3 Å². The first-order valence-corrected chi connectivity index (χ1v) is 12.2. The molecule has 0 aromatic heterocycles. The molecule has 0 radical (unpaired) electrons. The number of rotatable bonds is 8. The zero-order valence-corrected chi connectivity index (χ0v) is 19.3. The van der Waals surface area contributed by atoms with Crippen molar-refractivity contribution < 1.29 is 22.7 Å². The fourth-order valence-corrected chi connectivity index (χ4v) is 5.31. The summed E-state index contributed by atoms with van der Waals surface area (Å²) in [5.74, 6) is -0.746. The van der Waals surface area contributed by atoms with E-state index in [2.05, 4.69) is 10.6 Å². The number of ether oxygens (including phenoxy) is 1. The van der Waals surface area contributed by atoms with Gasteiger partial charge in [-0.3, -0.25) is 9.59 Å². The molecular formula is C22H26ClN3O5S. The van der Waals surface area contributed by atoms with Gasteiger partial charge in [-0.1, -0.05) is 30.2 Å². The predicted molar refractivity (Wildman–Crippen MR) is 123 cm³/mol. The van der Waals surface area contributed by atoms with Gasteiger partial charge in [0.1, 0.15) is 10.6 Å². The summed E-state index contributed by atoms with van der Waals surface area (Å²) in [7, 11) is -3.77. The molecule has 3 rings (SSSR count). The SMILES string of the molecule is CCOc1ccc(NC(=O)CNC(=O)c2ccccc2Cl)cc1S(=O)(=O)N1CCCCC1. The van der Waals surface area contributed by atoms with Crippen LogP contribution in [0, 0.1) is 0 Å². The Morgan fingerprint density at radius 2 is 1.81 bits per heavy atom. The fraction of sp³-hybridized carbons (Fsp3) is 0.364. The number of carbonyl (C=O) groups is 2. The van der Waals surface area contributed by atoms with Gasteiger partial charge in [0, 0.05) is 18.8 Å². The molecule has 1 fully saturated rings. The highest BCUT2D eigenvalue weighted by atomic mass is 35.5. The highest BCUT2D eigenvalue weighted by molar-refractivity contribution is 7.89. The van der Waals surface area contributed by atoms with Gasteiger partial charge < -0.3 is 15.4 Å². The molecule has 0 atom stereocenters. The monoisotopic (exact) mass is 479 g/mol. The lowest BCUT2D eigenvalue weighted by Gasteiger charge is -2.27. The molecule has 2 aromatic carbocycles. The van der Waals surface area contributed by atoms with Crippen molar-refractivity contribution in [3.63, 3.8) is 0 Å². The standard InChI is InChI=1S/C22H26ClN3O5S/c1-2-31-19-11-10-16(14-20(19)32(29,30)26-12-6-3-7-13-26)25-21(27)15-24-22(28)17-8-4-5-9-18(17)23/h4-5,8-11,14H,2-3,6-7,12-13,15H2,1H3,(H,24,28)(H,25,27). The van der Waals surface area contributed by atoms with Crippen LogP contribution >= 0.6 is 11.6 Å². The van der Waals surface area contributed by atoms with E-state index in [-0.39, 0.29) is 27.8 Å². The number of halogens is 1. The number of amides is 2. The van der Waals surface area contributed by atoms with Crippen molar-refractivity contribution in [1.82, 2.24) is 9.62 Å². The van der Waals surface area contributed by atoms with Crippen LogP contribution in [0.25, 0.3) is 0 Å². The first-order valence-electron chi connectivity index (χ1n) is 10.4. The second kappa shape index (κ2) is 10.8. The molecule has 0 unspecified atom stereocenters. The summed E-state index contributed by atoms with van der Waals surface area (Å²) < 4.78 is 33.4. The second-order valence-corrected chi connectivity index (χ2v) is 9.58. The molecule has 0 spiro atoms. The van der Waals surface area contributed by atoms with E-state index < -0.39 is 21.8 Å². The van der Waals surface area contributed by atoms with Crippen LogP contribution < -0.4 is 15.4 Å². The van der Waals surface area contributed by atoms with Gasteiger partial charge in [0.2, 0.25) is 15.9 Å². The van der Waals surface area contributed by atoms with E-state index in [1.54, 1.807) is 37.3 Å². The topological polar surface area (TPSA) is 105 Å². The molecule has 8 nitrogen and oxygen atoms in total. The highest BCUT2D eigenvalue weighted by Gasteiger charge is 2.29. The van der Waals surface area contributed by atoms with Crippen LogP contribution in [0.3, 0.4) is 0 Å². The Kier molecular flexibility index (Phi) is 8.11. The van der Waals surface area contributed by atoms with Crippen molar-refractivity contribution in [3.8, 4) is 5.75 Å². The van der Waals surface area contributed by atoms with E-state index >= 15 is 0 Å². The molecule has 10 heteroatoms. The molecule has 2 amide bonds. The Labute approximate surface area is 192 Å². The summed E-state index contributed by atoms with van der Waals surface area (Å²) in [6.45, 7) is 2.69. The summed E-state index contributed by atoms with van der Waals surface area (Å²) in [5.41, 5.74) is 0.555. The zero-order chi connectivity index (χ0) is 23.1. The first-order chi connectivity index (χ1) is 15.3. The normalized spacial score (nSPS) is 14.6. The maximum atomic E-state index is 13.2. The van der Waals surface area contributed by atoms with Crippen LogP contribution in [0.1, 0.15) is 36.5 Å². The highest BCUT2D eigenvalue weighted by Crippen LogP contribution is 2.31. The fourth-order valence-electron chi connectivity index (χ4n) is 3.41. The van der Waals surface area contributed by atoms with E-state index in [0.29, 0.717) is 25.4 Å². The predicted octanol–water partition coefficient (Wildman–Crippen LogP) is 3.28. The Bertz CT molecular complexity index is 1080. The van der Waals surface area contributed by atoms with Crippen LogP contribution in [0.2, 0.25) is 5.02 Å². The average molecular weight is 480 g/mol. The molecule has 1 aliphatic rings. The summed E-state index contributed by atoms with van der Waals surface area (Å²) in [4.78, 5) is 24.6. The van der Waals surface area contributed by atoms with Gasteiger partial charge in [-0.2, -0.15) is 4.31 Å². The summed E-state index contributed by atoms with van der Waals surface area (Å²) in [5, 5.41) is 5.41. The maximum Gasteiger partial charge on any atom is 0.253 e. The third kappa shape index (κ3) is 5.79. The van der Waals surface area contributed by atoms with Crippen molar-refractivity contribution in [2.45, 2.75) is 31.1 Å². The third-order valence-electron chi connectivity index (χ3n) is 4.99. The number of hydrogen-bond acceptors (Lipinski definition) is 5. The molecule has 32 heavy (non-hydrogen) atoms. The van der Waals surface area contributed by atoms with Crippen LogP contribution in [0.15, 0.2) is 47.4 Å². The number of anilines is 1. The van der Waals surface area contributed by atoms with Crippen LogP contribution in [0.4, 0.5) is 5.69 Å². The second-order valence-electron chi connectivity index (χ2n) is 7.27. The molecule has 1 saturated heterocycles. The molecule has 0 saturated carbocycles. The quantitative estimate of drug-likeness (QED) is 0.604. The van der Waals surface area contributed by atoms with E-state index in [4.69, 9.17) is 16.3 Å². The van der Waals surface area contributed by atoms with Gasteiger partial charge >= 0.3 is 0 Å². The molecular weight excluding hydrogens is 454 g/mol. The number of carbonyl (C=O) groups excluding carboxylic acids is 2. The number of sulfonamides is 1. The minimum absolute atomic E-state index is 0.0131. The van der Waals surface area contributed by atoms with Gasteiger partial charge in [-0.15, -0.1) is 0 Å². The van der Waals surface area contributed by atoms with E-state index in [1.165, 1.54) is 16.4 Å². The largest absolute Gasteiger partial charge is 0.492 e. The molecule has 172 valence electrons. The van der Waals surface area contributed by atoms with Gasteiger partial charge in [0.15, 0.2) is 0 Å². The van der Waals surface area contributed by atoms with Gasteiger partial charge in [0.25, 0.3) is 5.91 Å². The molecule has 1 aliphatic heterocycles. The Morgan fingerprint density at radius 3 is 2.50 bits per heavy atom. The van der Waals surface area contributed by atoms with Crippen molar-refractivity contribution in [3.05, 3.63) is 53.1 Å². The number of hydrogen-bond donors (Lipinski definition) is 2. The number of nitrogens with one attached hydrogen (secondary N) is 2. The van der Waals surface area contributed by atoms with E-state index in [9.17, 15) is 18.0 Å². The molecule has 0 bridgehead atoms. The lowest BCUT2D eigenvalue weighted by Crippen LogP contribution is -2.36. The maximum absolute atomic E-state index is 13.2. The summed E-state index contributed by atoms with van der Waals surface area (Å²) >= 11 is 5.99. The number of benzene rings is 2. The zero-order valence-electron chi connectivity index (χ0n) is 17.8. The van der Waals surface area contributed by atoms with Crippen LogP contribution in [0.5, 0.6) is 5.75 Å². The molecule has 1 heterocycles. The lowest BCUT2D eigenvalue weighted by atomic mass is 10.2. The van der Waals surface area contributed by atoms with Crippen molar-refractivity contribution in [2.75, 3.05) is 31.6 Å². The average Bonchev–Trinajstić information content (AvgIpc) is 2.79. The van der Waals surface area contributed by atoms with E-state index in [1.807, 2.05) is 0 Å². The summed E-state index contributed by atoms with van der Waals surface area (Å²) in [6.07, 6.45) is 2.62. The lowest BCUT2D eigenvalue weighted by molar-refractivity contribution is -0.115. The van der Waals surface area contributed by atoms with Crippen molar-refractivity contribution >= 4 is 39.1 Å². The number of nitrogens with zero attached hydrogens (tertiary/aromatic N) is 1. The minimum atomic E-state index is -3.77. The Hall–Kier alpha value is -2.62. The first kappa shape index (κ1) is 24.0.